The summed E-state index contributed by atoms with van der Waals surface area (Å²) in [5.41, 5.74) is 9.52. The number of carboxylic acid groups (broad SMARTS) is 1. The van der Waals surface area contributed by atoms with E-state index in [0.717, 1.165) is 68.1 Å². The molecule has 1 aliphatic heterocycles. The second-order valence-corrected chi connectivity index (χ2v) is 10.8. The first-order valence-corrected chi connectivity index (χ1v) is 14.9. The van der Waals surface area contributed by atoms with E-state index in [1.807, 2.05) is 24.3 Å². The Morgan fingerprint density at radius 1 is 0.977 bits per heavy atom. The fourth-order valence-corrected chi connectivity index (χ4v) is 5.13. The summed E-state index contributed by atoms with van der Waals surface area (Å²) in [5.74, 6) is 0.479. The fourth-order valence-electron chi connectivity index (χ4n) is 5.13. The maximum atomic E-state index is 11.9. The van der Waals surface area contributed by atoms with Crippen LogP contribution in [0.1, 0.15) is 38.2 Å². The van der Waals surface area contributed by atoms with Crippen molar-refractivity contribution in [1.82, 2.24) is 30.1 Å². The lowest BCUT2D eigenvalue weighted by molar-refractivity contribution is -0.144. The zero-order valence-electron chi connectivity index (χ0n) is 24.8. The van der Waals surface area contributed by atoms with Crippen molar-refractivity contribution in [1.29, 1.82) is 0 Å². The molecule has 1 fully saturated rings. The number of piperazine rings is 1. The Kier molecular flexibility index (Phi) is 12.2. The predicted octanol–water partition coefficient (Wildman–Crippen LogP) is 2.92. The monoisotopic (exact) mass is 589 g/mol. The van der Waals surface area contributed by atoms with Gasteiger partial charge in [-0.3, -0.25) is 19.4 Å². The average Bonchev–Trinajstić information content (AvgIpc) is 3.00. The van der Waals surface area contributed by atoms with Crippen LogP contribution in [0.4, 0.5) is 17.5 Å². The molecule has 12 heteroatoms. The number of amides is 1. The smallest absolute Gasteiger partial charge is 0.320 e. The Morgan fingerprint density at radius 2 is 1.77 bits per heavy atom. The van der Waals surface area contributed by atoms with Gasteiger partial charge in [0.2, 0.25) is 11.9 Å². The Bertz CT molecular complexity index is 1310. The molecule has 0 saturated carbocycles. The predicted molar refractivity (Wildman–Crippen MR) is 168 cm³/mol. The quantitative estimate of drug-likeness (QED) is 0.156. The lowest BCUT2D eigenvalue weighted by atomic mass is 10.1. The van der Waals surface area contributed by atoms with Crippen molar-refractivity contribution in [3.05, 3.63) is 60.6 Å². The molecule has 6 N–H and O–H groups in total. The molecule has 43 heavy (non-hydrogen) atoms. The minimum atomic E-state index is -0.774. The highest BCUT2D eigenvalue weighted by molar-refractivity contribution is 5.73. The molecule has 3 heterocycles. The number of nitrogens with zero attached hydrogens (tertiary/aromatic N) is 5. The summed E-state index contributed by atoms with van der Waals surface area (Å²) in [4.78, 5) is 40.7. The van der Waals surface area contributed by atoms with Crippen LogP contribution in [-0.4, -0.2) is 93.6 Å². The normalized spacial score (nSPS) is 14.7. The van der Waals surface area contributed by atoms with Gasteiger partial charge in [-0.2, -0.15) is 0 Å². The first-order valence-electron chi connectivity index (χ1n) is 14.9. The van der Waals surface area contributed by atoms with E-state index in [-0.39, 0.29) is 5.91 Å². The first kappa shape index (κ1) is 31.8. The maximum Gasteiger partial charge on any atom is 0.320 e. The number of carbonyl (C=O) groups excluding carboxylic acids is 1. The van der Waals surface area contributed by atoms with Gasteiger partial charge in [0.15, 0.2) is 0 Å². The van der Waals surface area contributed by atoms with E-state index in [2.05, 4.69) is 52.8 Å². The van der Waals surface area contributed by atoms with Crippen molar-refractivity contribution in [2.45, 2.75) is 45.2 Å². The van der Waals surface area contributed by atoms with Crippen LogP contribution >= 0.6 is 0 Å². The van der Waals surface area contributed by atoms with E-state index in [9.17, 15) is 14.7 Å². The van der Waals surface area contributed by atoms with Crippen molar-refractivity contribution in [2.75, 3.05) is 56.4 Å². The zero-order chi connectivity index (χ0) is 30.4. The van der Waals surface area contributed by atoms with Gasteiger partial charge >= 0.3 is 5.97 Å². The third-order valence-electron chi connectivity index (χ3n) is 7.43. The number of pyridine rings is 1. The average molecular weight is 590 g/mol. The summed E-state index contributed by atoms with van der Waals surface area (Å²) < 4.78 is 0. The van der Waals surface area contributed by atoms with Crippen molar-refractivity contribution in [3.63, 3.8) is 0 Å². The first-order chi connectivity index (χ1) is 20.9. The number of aromatic nitrogens is 3. The summed E-state index contributed by atoms with van der Waals surface area (Å²) in [6.07, 6.45) is 8.35. The molecular weight excluding hydrogens is 546 g/mol. The number of nitrogens with two attached hydrogens (primary N) is 1. The minimum absolute atomic E-state index is 0.0570. The number of anilines is 3. The van der Waals surface area contributed by atoms with Crippen LogP contribution in [0.5, 0.6) is 0 Å². The van der Waals surface area contributed by atoms with Crippen LogP contribution in [0.2, 0.25) is 0 Å². The van der Waals surface area contributed by atoms with E-state index >= 15 is 0 Å². The standard InChI is InChI=1S/C31H43N9O3/c1-23(41)33-11-3-2-8-28(30(42)43)40-16-14-39(15-17-40)22-24-6-4-7-27(18-24)38-29-19-25(9-13-34-29)26-20-36-31(37-21-26)35-12-5-10-32/h4,6-7,9,13,18-21,28H,2-3,5,8,10-12,14-17,22,32H2,1H3,(H,33,41)(H,34,38)(H,42,43)(H,35,36,37). The van der Waals surface area contributed by atoms with Gasteiger partial charge in [0, 0.05) is 82.6 Å². The number of carbonyl (C=O) groups is 2. The van der Waals surface area contributed by atoms with Gasteiger partial charge in [0.1, 0.15) is 11.9 Å². The Hall–Kier alpha value is -4.13. The van der Waals surface area contributed by atoms with Crippen LogP contribution in [0, 0.1) is 0 Å². The van der Waals surface area contributed by atoms with E-state index in [1.54, 1.807) is 18.6 Å². The number of rotatable bonds is 16. The number of aliphatic carboxylic acids is 1. The summed E-state index contributed by atoms with van der Waals surface area (Å²) in [6.45, 7) is 7.26. The van der Waals surface area contributed by atoms with Gasteiger partial charge in [-0.15, -0.1) is 0 Å². The molecule has 230 valence electrons. The highest BCUT2D eigenvalue weighted by Crippen LogP contribution is 2.24. The van der Waals surface area contributed by atoms with Gasteiger partial charge in [-0.25, -0.2) is 15.0 Å². The molecule has 0 aliphatic carbocycles. The molecule has 1 unspecified atom stereocenters. The SMILES string of the molecule is CC(=O)NCCCCC(C(=O)O)N1CCN(Cc2cccc(Nc3cc(-c4cnc(NCCCN)nc4)ccn3)c2)CC1. The van der Waals surface area contributed by atoms with Crippen molar-refractivity contribution in [2.24, 2.45) is 5.73 Å². The van der Waals surface area contributed by atoms with Crippen molar-refractivity contribution >= 4 is 29.3 Å². The molecule has 1 aromatic carbocycles. The van der Waals surface area contributed by atoms with E-state index in [0.29, 0.717) is 38.5 Å². The number of hydrogen-bond donors (Lipinski definition) is 5. The lowest BCUT2D eigenvalue weighted by Crippen LogP contribution is -2.52. The number of nitrogens with one attached hydrogen (secondary N) is 3. The number of carboxylic acids is 1. The Morgan fingerprint density at radius 3 is 2.49 bits per heavy atom. The molecule has 3 aromatic rings. The van der Waals surface area contributed by atoms with Crippen LogP contribution in [0.15, 0.2) is 55.0 Å². The second-order valence-electron chi connectivity index (χ2n) is 10.8. The Balaban J connectivity index is 1.27. The number of benzene rings is 1. The lowest BCUT2D eigenvalue weighted by Gasteiger charge is -2.37. The molecule has 1 atom stereocenters. The molecule has 12 nitrogen and oxygen atoms in total. The largest absolute Gasteiger partial charge is 0.480 e. The summed E-state index contributed by atoms with van der Waals surface area (Å²) in [6, 6.07) is 11.7. The van der Waals surface area contributed by atoms with Crippen LogP contribution in [0.25, 0.3) is 11.1 Å². The molecule has 0 spiro atoms. The molecule has 1 saturated heterocycles. The number of hydrogen-bond acceptors (Lipinski definition) is 10. The van der Waals surface area contributed by atoms with E-state index in [4.69, 9.17) is 5.73 Å². The van der Waals surface area contributed by atoms with Gasteiger partial charge in [0.05, 0.1) is 0 Å². The van der Waals surface area contributed by atoms with Gasteiger partial charge in [-0.1, -0.05) is 12.1 Å². The molecular formula is C31H43N9O3. The number of unbranched alkanes of at least 4 members (excludes halogenated alkanes) is 1. The molecule has 2 aromatic heterocycles. The highest BCUT2D eigenvalue weighted by atomic mass is 16.4. The van der Waals surface area contributed by atoms with Gasteiger partial charge in [-0.05, 0) is 67.6 Å². The van der Waals surface area contributed by atoms with Crippen molar-refractivity contribution < 1.29 is 14.7 Å². The fraction of sp³-hybridized carbons (Fsp3) is 0.452. The molecule has 4 rings (SSSR count). The Labute approximate surface area is 253 Å². The topological polar surface area (TPSA) is 162 Å². The summed E-state index contributed by atoms with van der Waals surface area (Å²) in [5, 5.41) is 19.1. The van der Waals surface area contributed by atoms with Crippen LogP contribution in [0.3, 0.4) is 0 Å². The summed E-state index contributed by atoms with van der Waals surface area (Å²) >= 11 is 0. The second kappa shape index (κ2) is 16.5. The zero-order valence-corrected chi connectivity index (χ0v) is 24.8. The highest BCUT2D eigenvalue weighted by Gasteiger charge is 2.28. The maximum absolute atomic E-state index is 11.9. The molecule has 1 amide bonds. The summed E-state index contributed by atoms with van der Waals surface area (Å²) in [7, 11) is 0. The van der Waals surface area contributed by atoms with E-state index in [1.165, 1.54) is 12.5 Å². The third kappa shape index (κ3) is 10.3. The van der Waals surface area contributed by atoms with Crippen LogP contribution in [-0.2, 0) is 16.1 Å². The van der Waals surface area contributed by atoms with Crippen LogP contribution < -0.4 is 21.7 Å². The van der Waals surface area contributed by atoms with Gasteiger partial charge < -0.3 is 26.8 Å². The third-order valence-corrected chi connectivity index (χ3v) is 7.43. The molecule has 1 aliphatic rings. The van der Waals surface area contributed by atoms with Gasteiger partial charge in [0.25, 0.3) is 0 Å². The minimum Gasteiger partial charge on any atom is -0.480 e. The van der Waals surface area contributed by atoms with Crippen molar-refractivity contribution in [3.8, 4) is 11.1 Å². The van der Waals surface area contributed by atoms with E-state index < -0.39 is 12.0 Å². The molecule has 0 radical (unpaired) electrons. The molecule has 0 bridgehead atoms.